The van der Waals surface area contributed by atoms with Crippen molar-refractivity contribution in [1.82, 2.24) is 0 Å². The molecule has 66 valence electrons. The number of carbonyl (C=O) groups is 2. The fourth-order valence-corrected chi connectivity index (χ4v) is 1.11. The monoisotopic (exact) mass is 184 g/mol. The van der Waals surface area contributed by atoms with Crippen LogP contribution in [0.25, 0.3) is 0 Å². The molecule has 0 saturated carbocycles. The number of halogens is 2. The number of rotatable bonds is 0. The number of cyclic esters (lactones) is 2. The van der Waals surface area contributed by atoms with Crippen LogP contribution in [0.4, 0.5) is 8.78 Å². The number of benzene rings is 1. The van der Waals surface area contributed by atoms with Gasteiger partial charge in [0, 0.05) is 0 Å². The van der Waals surface area contributed by atoms with Crippen molar-refractivity contribution < 1.29 is 23.1 Å². The van der Waals surface area contributed by atoms with Gasteiger partial charge in [-0.3, -0.25) is 0 Å². The second-order valence-corrected chi connectivity index (χ2v) is 2.46. The van der Waals surface area contributed by atoms with E-state index in [9.17, 15) is 18.4 Å². The van der Waals surface area contributed by atoms with Gasteiger partial charge in [0.1, 0.15) is 5.56 Å². The summed E-state index contributed by atoms with van der Waals surface area (Å²) in [4.78, 5) is 21.6. The van der Waals surface area contributed by atoms with E-state index < -0.39 is 29.1 Å². The first-order chi connectivity index (χ1) is 6.11. The van der Waals surface area contributed by atoms with Crippen molar-refractivity contribution in [3.63, 3.8) is 0 Å². The Balaban J connectivity index is 2.78. The van der Waals surface area contributed by atoms with Crippen LogP contribution >= 0.6 is 0 Å². The first-order valence-corrected chi connectivity index (χ1v) is 3.36. The van der Waals surface area contributed by atoms with E-state index in [-0.39, 0.29) is 5.56 Å². The molecule has 0 aromatic heterocycles. The Hall–Kier alpha value is -1.78. The normalized spacial score (nSPS) is 14.3. The van der Waals surface area contributed by atoms with Crippen molar-refractivity contribution in [3.8, 4) is 0 Å². The third-order valence-corrected chi connectivity index (χ3v) is 1.70. The van der Waals surface area contributed by atoms with E-state index in [2.05, 4.69) is 4.74 Å². The predicted molar refractivity (Wildman–Crippen MR) is 36.1 cm³/mol. The Bertz CT molecular complexity index is 426. The molecule has 13 heavy (non-hydrogen) atoms. The summed E-state index contributed by atoms with van der Waals surface area (Å²) in [5.41, 5.74) is -0.853. The molecule has 0 fully saturated rings. The van der Waals surface area contributed by atoms with Gasteiger partial charge in [-0.15, -0.1) is 0 Å². The minimum atomic E-state index is -1.34. The van der Waals surface area contributed by atoms with Crippen LogP contribution in [-0.4, -0.2) is 11.9 Å². The van der Waals surface area contributed by atoms with Crippen LogP contribution in [0, 0.1) is 11.6 Å². The first kappa shape index (κ1) is 7.85. The molecule has 5 heteroatoms. The molecule has 1 heterocycles. The minimum absolute atomic E-state index is 0.232. The van der Waals surface area contributed by atoms with Crippen molar-refractivity contribution in [2.24, 2.45) is 0 Å². The van der Waals surface area contributed by atoms with Gasteiger partial charge in [-0.05, 0) is 12.1 Å². The Morgan fingerprint density at radius 1 is 1.08 bits per heavy atom. The third kappa shape index (κ3) is 0.932. The number of esters is 2. The molecule has 0 N–H and O–H groups in total. The fourth-order valence-electron chi connectivity index (χ4n) is 1.11. The molecule has 0 unspecified atom stereocenters. The number of hydrogen-bond acceptors (Lipinski definition) is 3. The smallest absolute Gasteiger partial charge is 0.350 e. The highest BCUT2D eigenvalue weighted by Gasteiger charge is 2.34. The molecule has 1 aromatic carbocycles. The zero-order chi connectivity index (χ0) is 9.59. The van der Waals surface area contributed by atoms with E-state index >= 15 is 0 Å². The Morgan fingerprint density at radius 2 is 1.77 bits per heavy atom. The summed E-state index contributed by atoms with van der Waals surface area (Å²) in [6.45, 7) is 0. The van der Waals surface area contributed by atoms with Gasteiger partial charge in [0.2, 0.25) is 0 Å². The summed E-state index contributed by atoms with van der Waals surface area (Å²) in [6, 6.07) is 1.79. The van der Waals surface area contributed by atoms with Gasteiger partial charge >= 0.3 is 11.9 Å². The van der Waals surface area contributed by atoms with E-state index in [0.29, 0.717) is 0 Å². The highest BCUT2D eigenvalue weighted by atomic mass is 19.2. The zero-order valence-corrected chi connectivity index (χ0v) is 6.14. The maximum absolute atomic E-state index is 12.9. The molecule has 1 aliphatic heterocycles. The molecule has 2 rings (SSSR count). The molecular formula is C8H2F2O3. The van der Waals surface area contributed by atoms with Crippen molar-refractivity contribution in [2.45, 2.75) is 0 Å². The average molecular weight is 184 g/mol. The topological polar surface area (TPSA) is 43.4 Å². The molecule has 0 atom stereocenters. The van der Waals surface area contributed by atoms with Crippen molar-refractivity contribution in [1.29, 1.82) is 0 Å². The molecule has 0 amide bonds. The molecule has 0 spiro atoms. The van der Waals surface area contributed by atoms with Crippen LogP contribution in [0.1, 0.15) is 20.7 Å². The van der Waals surface area contributed by atoms with E-state index in [1.807, 2.05) is 0 Å². The predicted octanol–water partition coefficient (Wildman–Crippen LogP) is 1.28. The molecule has 1 aromatic rings. The van der Waals surface area contributed by atoms with Gasteiger partial charge in [0.25, 0.3) is 0 Å². The Labute approximate surface area is 70.9 Å². The van der Waals surface area contributed by atoms with Gasteiger partial charge < -0.3 is 4.74 Å². The number of carbonyl (C=O) groups excluding carboxylic acids is 2. The van der Waals surface area contributed by atoms with E-state index in [4.69, 9.17) is 0 Å². The fraction of sp³-hybridized carbons (Fsp3) is 0. The van der Waals surface area contributed by atoms with E-state index in [1.54, 1.807) is 0 Å². The van der Waals surface area contributed by atoms with Crippen molar-refractivity contribution in [2.75, 3.05) is 0 Å². The lowest BCUT2D eigenvalue weighted by molar-refractivity contribution is 0.0442. The van der Waals surface area contributed by atoms with Crippen LogP contribution in [0.5, 0.6) is 0 Å². The van der Waals surface area contributed by atoms with Crippen LogP contribution in [-0.2, 0) is 4.74 Å². The highest BCUT2D eigenvalue weighted by molar-refractivity contribution is 6.14. The second-order valence-electron chi connectivity index (χ2n) is 2.46. The van der Waals surface area contributed by atoms with E-state index in [1.165, 1.54) is 0 Å². The largest absolute Gasteiger partial charge is 0.386 e. The number of hydrogen-bond donors (Lipinski definition) is 0. The molecule has 0 bridgehead atoms. The molecule has 0 radical (unpaired) electrons. The maximum atomic E-state index is 12.9. The molecule has 3 nitrogen and oxygen atoms in total. The van der Waals surface area contributed by atoms with Crippen LogP contribution in [0.2, 0.25) is 0 Å². The lowest BCUT2D eigenvalue weighted by Gasteiger charge is -1.94. The highest BCUT2D eigenvalue weighted by Crippen LogP contribution is 2.24. The Morgan fingerprint density at radius 3 is 2.46 bits per heavy atom. The van der Waals surface area contributed by atoms with E-state index in [0.717, 1.165) is 12.1 Å². The summed E-state index contributed by atoms with van der Waals surface area (Å²) in [7, 11) is 0. The third-order valence-electron chi connectivity index (χ3n) is 1.70. The van der Waals surface area contributed by atoms with Gasteiger partial charge in [-0.25, -0.2) is 18.4 Å². The molecule has 0 saturated heterocycles. The average Bonchev–Trinajstić information content (AvgIpc) is 2.35. The summed E-state index contributed by atoms with van der Waals surface area (Å²) in [5, 5.41) is 0. The standard InChI is InChI=1S/C8H2F2O3/c9-4-2-1-3-5(6(4)10)8(12)13-7(3)11/h1-2H. The van der Waals surface area contributed by atoms with Crippen LogP contribution in [0.15, 0.2) is 12.1 Å². The zero-order valence-electron chi connectivity index (χ0n) is 6.14. The maximum Gasteiger partial charge on any atom is 0.350 e. The first-order valence-electron chi connectivity index (χ1n) is 3.36. The lowest BCUT2D eigenvalue weighted by atomic mass is 10.1. The van der Waals surface area contributed by atoms with Crippen molar-refractivity contribution in [3.05, 3.63) is 34.9 Å². The quantitative estimate of drug-likeness (QED) is 0.450. The van der Waals surface area contributed by atoms with Gasteiger partial charge in [0.15, 0.2) is 11.6 Å². The lowest BCUT2D eigenvalue weighted by Crippen LogP contribution is -2.00. The number of ether oxygens (including phenoxy) is 1. The summed E-state index contributed by atoms with van der Waals surface area (Å²) < 4.78 is 29.6. The second kappa shape index (κ2) is 2.35. The van der Waals surface area contributed by atoms with Gasteiger partial charge in [0.05, 0.1) is 5.56 Å². The van der Waals surface area contributed by atoms with Crippen molar-refractivity contribution >= 4 is 11.9 Å². The minimum Gasteiger partial charge on any atom is -0.386 e. The van der Waals surface area contributed by atoms with Crippen LogP contribution in [0.3, 0.4) is 0 Å². The molecule has 1 aliphatic rings. The summed E-state index contributed by atoms with van der Waals surface area (Å²) in [6.07, 6.45) is 0. The number of fused-ring (bicyclic) bond motifs is 1. The summed E-state index contributed by atoms with van der Waals surface area (Å²) >= 11 is 0. The Kier molecular flexibility index (Phi) is 1.42. The van der Waals surface area contributed by atoms with Gasteiger partial charge in [-0.1, -0.05) is 0 Å². The SMILES string of the molecule is O=C1OC(=O)c2c1ccc(F)c2F. The van der Waals surface area contributed by atoms with Crippen LogP contribution < -0.4 is 0 Å². The molecule has 0 aliphatic carbocycles. The van der Waals surface area contributed by atoms with Gasteiger partial charge in [-0.2, -0.15) is 0 Å². The summed E-state index contributed by atoms with van der Waals surface area (Å²) in [5.74, 6) is -4.60. The molecular weight excluding hydrogens is 182 g/mol.